The molecule has 0 aromatic heterocycles. The molecular weight excluding hydrogens is 152 g/mol. The summed E-state index contributed by atoms with van der Waals surface area (Å²) in [7, 11) is 0. The number of ether oxygens (including phenoxy) is 1. The highest BCUT2D eigenvalue weighted by atomic mass is 16.5. The topological polar surface area (TPSA) is 47.6 Å². The van der Waals surface area contributed by atoms with Crippen molar-refractivity contribution in [1.29, 1.82) is 0 Å². The third kappa shape index (κ3) is 1.61. The molecule has 1 aliphatic heterocycles. The molecule has 3 nitrogen and oxygen atoms in total. The number of aliphatic imine (C=N–C) groups is 1. The summed E-state index contributed by atoms with van der Waals surface area (Å²) in [5, 5.41) is 0. The van der Waals surface area contributed by atoms with E-state index >= 15 is 0 Å². The summed E-state index contributed by atoms with van der Waals surface area (Å²) < 4.78 is 5.40. The van der Waals surface area contributed by atoms with E-state index in [1.54, 1.807) is 0 Å². The molecule has 2 N–H and O–H groups in total. The second-order valence-electron chi connectivity index (χ2n) is 3.76. The van der Waals surface area contributed by atoms with Crippen LogP contribution in [0.2, 0.25) is 0 Å². The van der Waals surface area contributed by atoms with E-state index in [2.05, 4.69) is 11.9 Å². The molecule has 2 atom stereocenters. The molecule has 68 valence electrons. The third-order valence-electron chi connectivity index (χ3n) is 2.65. The van der Waals surface area contributed by atoms with Crippen LogP contribution in [0.25, 0.3) is 0 Å². The fraction of sp³-hybridized carbons (Fsp3) is 0.889. The standard InChI is InChI=1S/C9H16N2O/c1-6-8(4-5-12-6)11-9(10)7-2-3-7/h6-8H,2-5H2,1H3,(H2,10,11). The summed E-state index contributed by atoms with van der Waals surface area (Å²) in [6.45, 7) is 2.91. The van der Waals surface area contributed by atoms with Gasteiger partial charge in [-0.1, -0.05) is 0 Å². The van der Waals surface area contributed by atoms with Crippen molar-refractivity contribution in [2.75, 3.05) is 6.61 Å². The molecule has 3 heteroatoms. The lowest BCUT2D eigenvalue weighted by Gasteiger charge is -2.09. The molecule has 12 heavy (non-hydrogen) atoms. The Hall–Kier alpha value is -0.570. The maximum atomic E-state index is 5.82. The smallest absolute Gasteiger partial charge is 0.0973 e. The minimum Gasteiger partial charge on any atom is -0.387 e. The van der Waals surface area contributed by atoms with E-state index in [0.29, 0.717) is 12.0 Å². The lowest BCUT2D eigenvalue weighted by atomic mass is 10.2. The van der Waals surface area contributed by atoms with Crippen LogP contribution < -0.4 is 5.73 Å². The number of hydrogen-bond donors (Lipinski definition) is 1. The maximum absolute atomic E-state index is 5.82. The lowest BCUT2D eigenvalue weighted by molar-refractivity contribution is 0.119. The molecule has 1 saturated heterocycles. The molecule has 1 saturated carbocycles. The molecule has 0 bridgehead atoms. The highest BCUT2D eigenvalue weighted by Gasteiger charge is 2.29. The molecule has 2 aliphatic rings. The Bertz CT molecular complexity index is 199. The molecule has 2 fully saturated rings. The lowest BCUT2D eigenvalue weighted by Crippen LogP contribution is -2.22. The largest absolute Gasteiger partial charge is 0.387 e. The van der Waals surface area contributed by atoms with Gasteiger partial charge in [0.2, 0.25) is 0 Å². The third-order valence-corrected chi connectivity index (χ3v) is 2.65. The zero-order valence-corrected chi connectivity index (χ0v) is 7.49. The van der Waals surface area contributed by atoms with Crippen molar-refractivity contribution in [3.63, 3.8) is 0 Å². The number of amidine groups is 1. The van der Waals surface area contributed by atoms with Crippen molar-refractivity contribution in [3.8, 4) is 0 Å². The van der Waals surface area contributed by atoms with Crippen molar-refractivity contribution >= 4 is 5.84 Å². The van der Waals surface area contributed by atoms with Gasteiger partial charge < -0.3 is 10.5 Å². The van der Waals surface area contributed by atoms with Gasteiger partial charge in [-0.15, -0.1) is 0 Å². The molecule has 0 spiro atoms. The second kappa shape index (κ2) is 3.05. The van der Waals surface area contributed by atoms with E-state index in [1.165, 1.54) is 12.8 Å². The number of rotatable bonds is 2. The first-order valence-electron chi connectivity index (χ1n) is 4.72. The Labute approximate surface area is 73.0 Å². The van der Waals surface area contributed by atoms with Gasteiger partial charge in [0, 0.05) is 12.5 Å². The highest BCUT2D eigenvalue weighted by molar-refractivity contribution is 5.85. The van der Waals surface area contributed by atoms with Crippen LogP contribution in [0.3, 0.4) is 0 Å². The predicted octanol–water partition coefficient (Wildman–Crippen LogP) is 0.931. The first-order valence-corrected chi connectivity index (χ1v) is 4.72. The van der Waals surface area contributed by atoms with Gasteiger partial charge in [-0.05, 0) is 26.2 Å². The normalized spacial score (nSPS) is 37.2. The summed E-state index contributed by atoms with van der Waals surface area (Å²) in [4.78, 5) is 4.49. The molecule has 0 aromatic rings. The van der Waals surface area contributed by atoms with E-state index < -0.39 is 0 Å². The summed E-state index contributed by atoms with van der Waals surface area (Å²) in [6, 6.07) is 0.325. The first-order chi connectivity index (χ1) is 5.77. The highest BCUT2D eigenvalue weighted by Crippen LogP contribution is 2.29. The zero-order valence-electron chi connectivity index (χ0n) is 7.49. The number of nitrogens with two attached hydrogens (primary N) is 1. The van der Waals surface area contributed by atoms with Gasteiger partial charge in [0.15, 0.2) is 0 Å². The van der Waals surface area contributed by atoms with Crippen molar-refractivity contribution < 1.29 is 4.74 Å². The summed E-state index contributed by atoms with van der Waals surface area (Å²) in [5.41, 5.74) is 5.82. The average Bonchev–Trinajstić information content (AvgIpc) is 2.80. The minimum atomic E-state index is 0.266. The van der Waals surface area contributed by atoms with Gasteiger partial charge in [0.1, 0.15) is 0 Å². The van der Waals surface area contributed by atoms with Crippen LogP contribution >= 0.6 is 0 Å². The number of nitrogens with zero attached hydrogens (tertiary/aromatic N) is 1. The van der Waals surface area contributed by atoms with E-state index in [1.807, 2.05) is 0 Å². The zero-order chi connectivity index (χ0) is 8.55. The van der Waals surface area contributed by atoms with E-state index in [-0.39, 0.29) is 6.10 Å². The van der Waals surface area contributed by atoms with Crippen molar-refractivity contribution in [3.05, 3.63) is 0 Å². The monoisotopic (exact) mass is 168 g/mol. The van der Waals surface area contributed by atoms with Crippen molar-refractivity contribution in [2.24, 2.45) is 16.6 Å². The Kier molecular flexibility index (Phi) is 2.05. The van der Waals surface area contributed by atoms with Crippen LogP contribution in [-0.2, 0) is 4.74 Å². The Morgan fingerprint density at radius 3 is 2.67 bits per heavy atom. The summed E-state index contributed by atoms with van der Waals surface area (Å²) >= 11 is 0. The van der Waals surface area contributed by atoms with Gasteiger partial charge in [0.05, 0.1) is 18.0 Å². The van der Waals surface area contributed by atoms with Gasteiger partial charge in [-0.2, -0.15) is 0 Å². The van der Waals surface area contributed by atoms with Gasteiger partial charge in [-0.3, -0.25) is 4.99 Å². The van der Waals surface area contributed by atoms with Crippen molar-refractivity contribution in [1.82, 2.24) is 0 Å². The molecule has 0 aromatic carbocycles. The Morgan fingerprint density at radius 2 is 2.17 bits per heavy atom. The van der Waals surface area contributed by atoms with Gasteiger partial charge in [-0.25, -0.2) is 0 Å². The van der Waals surface area contributed by atoms with Gasteiger partial charge in [0.25, 0.3) is 0 Å². The molecule has 1 heterocycles. The maximum Gasteiger partial charge on any atom is 0.0973 e. The molecule has 1 aliphatic carbocycles. The first kappa shape index (κ1) is 8.05. The fourth-order valence-corrected chi connectivity index (χ4v) is 1.57. The molecule has 0 amide bonds. The van der Waals surface area contributed by atoms with E-state index in [0.717, 1.165) is 18.9 Å². The Balaban J connectivity index is 1.95. The summed E-state index contributed by atoms with van der Waals surface area (Å²) in [5.74, 6) is 1.45. The van der Waals surface area contributed by atoms with Crippen LogP contribution in [0.1, 0.15) is 26.2 Å². The van der Waals surface area contributed by atoms with Crippen LogP contribution in [-0.4, -0.2) is 24.6 Å². The summed E-state index contributed by atoms with van der Waals surface area (Å²) in [6.07, 6.45) is 3.77. The molecule has 2 rings (SSSR count). The quantitative estimate of drug-likeness (QED) is 0.492. The van der Waals surface area contributed by atoms with Crippen molar-refractivity contribution in [2.45, 2.75) is 38.3 Å². The van der Waals surface area contributed by atoms with Crippen LogP contribution in [0, 0.1) is 5.92 Å². The Morgan fingerprint density at radius 1 is 1.42 bits per heavy atom. The van der Waals surface area contributed by atoms with Crippen LogP contribution in [0.15, 0.2) is 4.99 Å². The average molecular weight is 168 g/mol. The molecular formula is C9H16N2O. The van der Waals surface area contributed by atoms with Gasteiger partial charge >= 0.3 is 0 Å². The fourth-order valence-electron chi connectivity index (χ4n) is 1.57. The SMILES string of the molecule is CC1OCCC1N=C(N)C1CC1. The van der Waals surface area contributed by atoms with E-state index in [9.17, 15) is 0 Å². The second-order valence-corrected chi connectivity index (χ2v) is 3.76. The number of hydrogen-bond acceptors (Lipinski definition) is 2. The van der Waals surface area contributed by atoms with Crippen LogP contribution in [0.4, 0.5) is 0 Å². The van der Waals surface area contributed by atoms with E-state index in [4.69, 9.17) is 10.5 Å². The predicted molar refractivity (Wildman–Crippen MR) is 48.2 cm³/mol. The molecule has 0 radical (unpaired) electrons. The van der Waals surface area contributed by atoms with Crippen LogP contribution in [0.5, 0.6) is 0 Å². The minimum absolute atomic E-state index is 0.266. The molecule has 2 unspecified atom stereocenters.